The number of methoxy groups -OCH3 is 2. The minimum atomic E-state index is -1.25. The lowest BCUT2D eigenvalue weighted by molar-refractivity contribution is 0.0652. The fourth-order valence-electron chi connectivity index (χ4n) is 1.68. The number of phenolic OH excluding ortho intramolecular Hbond substituents is 1. The fraction of sp³-hybridized carbons (Fsp3) is 0.167. The van der Waals surface area contributed by atoms with Crippen LogP contribution in [0, 0.1) is 0 Å². The number of nitrogens with zero attached hydrogens (tertiary/aromatic N) is 1. The number of carbonyl (C=O) groups is 1. The molecule has 20 heavy (non-hydrogen) atoms. The van der Waals surface area contributed by atoms with Gasteiger partial charge in [0.15, 0.2) is 11.5 Å². The van der Waals surface area contributed by atoms with Gasteiger partial charge in [0.05, 0.1) is 24.3 Å². The average Bonchev–Trinajstić information content (AvgIpc) is 2.87. The van der Waals surface area contributed by atoms with Gasteiger partial charge in [-0.25, -0.2) is 4.79 Å². The summed E-state index contributed by atoms with van der Waals surface area (Å²) in [5.41, 5.74) is 0.409. The molecule has 0 aliphatic carbocycles. The summed E-state index contributed by atoms with van der Waals surface area (Å²) in [4.78, 5) is 10.8. The molecule has 1 aromatic carbocycles. The van der Waals surface area contributed by atoms with Gasteiger partial charge in [0.2, 0.25) is 5.76 Å². The first kappa shape index (κ1) is 14.2. The number of phenols is 1. The number of hydrogen-bond acceptors (Lipinski definition) is 6. The van der Waals surface area contributed by atoms with E-state index in [4.69, 9.17) is 14.6 Å². The van der Waals surface area contributed by atoms with Crippen molar-refractivity contribution >= 4 is 21.9 Å². The molecule has 106 valence electrons. The summed E-state index contributed by atoms with van der Waals surface area (Å²) in [7, 11) is 2.87. The Hall–Kier alpha value is -2.22. The summed E-state index contributed by atoms with van der Waals surface area (Å²) in [5.74, 6) is -1.07. The molecule has 7 nitrogen and oxygen atoms in total. The third-order valence-electron chi connectivity index (χ3n) is 2.57. The number of carboxylic acid groups (broad SMARTS) is 1. The first-order valence-electron chi connectivity index (χ1n) is 5.33. The van der Waals surface area contributed by atoms with Gasteiger partial charge in [-0.2, -0.15) is 0 Å². The molecule has 0 unspecified atom stereocenters. The SMILES string of the molecule is COc1cc(O)c(-c2cc(C(=O)O)on2)c(Br)c1OC. The zero-order valence-electron chi connectivity index (χ0n) is 10.5. The third kappa shape index (κ3) is 2.29. The molecule has 0 aliphatic heterocycles. The highest BCUT2D eigenvalue weighted by molar-refractivity contribution is 9.10. The van der Waals surface area contributed by atoms with Gasteiger partial charge in [0.25, 0.3) is 0 Å². The van der Waals surface area contributed by atoms with Gasteiger partial charge in [0, 0.05) is 12.1 Å². The average molecular weight is 344 g/mol. The molecule has 0 amide bonds. The smallest absolute Gasteiger partial charge is 0.374 e. The first-order valence-corrected chi connectivity index (χ1v) is 6.12. The zero-order valence-corrected chi connectivity index (χ0v) is 12.1. The Balaban J connectivity index is 2.64. The second-order valence-corrected chi connectivity index (χ2v) is 4.49. The highest BCUT2D eigenvalue weighted by Gasteiger charge is 2.22. The van der Waals surface area contributed by atoms with Crippen LogP contribution in [0.4, 0.5) is 0 Å². The van der Waals surface area contributed by atoms with E-state index in [9.17, 15) is 9.90 Å². The van der Waals surface area contributed by atoms with Crippen LogP contribution in [0.25, 0.3) is 11.3 Å². The fourth-order valence-corrected chi connectivity index (χ4v) is 2.44. The number of rotatable bonds is 4. The Morgan fingerprint density at radius 1 is 1.35 bits per heavy atom. The number of hydrogen-bond donors (Lipinski definition) is 2. The van der Waals surface area contributed by atoms with Gasteiger partial charge in [0.1, 0.15) is 11.4 Å². The Morgan fingerprint density at radius 3 is 2.55 bits per heavy atom. The van der Waals surface area contributed by atoms with Gasteiger partial charge in [-0.15, -0.1) is 0 Å². The highest BCUT2D eigenvalue weighted by Crippen LogP contribution is 2.47. The number of aromatic hydroxyl groups is 1. The molecule has 0 aliphatic rings. The van der Waals surface area contributed by atoms with Crippen molar-refractivity contribution in [2.24, 2.45) is 0 Å². The largest absolute Gasteiger partial charge is 0.507 e. The normalized spacial score (nSPS) is 10.3. The minimum absolute atomic E-state index is 0.153. The van der Waals surface area contributed by atoms with Crippen LogP contribution < -0.4 is 9.47 Å². The van der Waals surface area contributed by atoms with Crippen LogP contribution >= 0.6 is 15.9 Å². The zero-order chi connectivity index (χ0) is 14.9. The lowest BCUT2D eigenvalue weighted by Crippen LogP contribution is -1.94. The predicted octanol–water partition coefficient (Wildman–Crippen LogP) is 2.53. The molecule has 0 atom stereocenters. The quantitative estimate of drug-likeness (QED) is 0.879. The highest BCUT2D eigenvalue weighted by atomic mass is 79.9. The van der Waals surface area contributed by atoms with Crippen molar-refractivity contribution in [3.63, 3.8) is 0 Å². The topological polar surface area (TPSA) is 102 Å². The molecule has 2 aromatic rings. The van der Waals surface area contributed by atoms with Crippen molar-refractivity contribution in [2.45, 2.75) is 0 Å². The van der Waals surface area contributed by atoms with E-state index in [0.29, 0.717) is 16.0 Å². The molecule has 2 rings (SSSR count). The van der Waals surface area contributed by atoms with Gasteiger partial charge < -0.3 is 24.2 Å². The van der Waals surface area contributed by atoms with Crippen LogP contribution in [0.5, 0.6) is 17.2 Å². The Labute approximate surface area is 121 Å². The number of carboxylic acids is 1. The molecule has 0 spiro atoms. The van der Waals surface area contributed by atoms with Crippen LogP contribution in [0.15, 0.2) is 21.1 Å². The number of halogens is 1. The van der Waals surface area contributed by atoms with E-state index in [1.165, 1.54) is 26.4 Å². The van der Waals surface area contributed by atoms with Crippen LogP contribution in [-0.2, 0) is 0 Å². The number of aromatic carboxylic acids is 1. The maximum atomic E-state index is 10.8. The number of aromatic nitrogens is 1. The third-order valence-corrected chi connectivity index (χ3v) is 3.32. The molecule has 0 radical (unpaired) electrons. The predicted molar refractivity (Wildman–Crippen MR) is 71.4 cm³/mol. The van der Waals surface area contributed by atoms with Gasteiger partial charge in [-0.1, -0.05) is 5.16 Å². The van der Waals surface area contributed by atoms with Gasteiger partial charge in [-0.3, -0.25) is 0 Å². The van der Waals surface area contributed by atoms with Crippen LogP contribution in [-0.4, -0.2) is 35.6 Å². The van der Waals surface area contributed by atoms with Crippen LogP contribution in [0.1, 0.15) is 10.6 Å². The molecule has 0 fully saturated rings. The monoisotopic (exact) mass is 343 g/mol. The van der Waals surface area contributed by atoms with Gasteiger partial charge in [-0.05, 0) is 15.9 Å². The molecule has 8 heteroatoms. The van der Waals surface area contributed by atoms with Crippen molar-refractivity contribution in [3.8, 4) is 28.5 Å². The number of ether oxygens (including phenoxy) is 2. The lowest BCUT2D eigenvalue weighted by Gasteiger charge is -2.13. The van der Waals surface area contributed by atoms with Gasteiger partial charge >= 0.3 is 5.97 Å². The van der Waals surface area contributed by atoms with Crippen molar-refractivity contribution in [2.75, 3.05) is 14.2 Å². The minimum Gasteiger partial charge on any atom is -0.507 e. The van der Waals surface area contributed by atoms with Crippen molar-refractivity contribution < 1.29 is 29.0 Å². The molecular weight excluding hydrogens is 334 g/mol. The van der Waals surface area contributed by atoms with E-state index in [1.807, 2.05) is 0 Å². The van der Waals surface area contributed by atoms with Crippen LogP contribution in [0.3, 0.4) is 0 Å². The Kier molecular flexibility index (Phi) is 3.84. The molecule has 1 aromatic heterocycles. The van der Waals surface area contributed by atoms with Crippen molar-refractivity contribution in [1.29, 1.82) is 0 Å². The number of benzene rings is 1. The summed E-state index contributed by atoms with van der Waals surface area (Å²) in [6, 6.07) is 2.54. The van der Waals surface area contributed by atoms with Crippen LogP contribution in [0.2, 0.25) is 0 Å². The summed E-state index contributed by atoms with van der Waals surface area (Å²) in [6.45, 7) is 0. The summed E-state index contributed by atoms with van der Waals surface area (Å²) in [6.07, 6.45) is 0. The van der Waals surface area contributed by atoms with E-state index in [0.717, 1.165) is 0 Å². The standard InChI is InChI=1S/C12H10BrNO6/c1-18-7-4-6(15)9(10(13)11(7)19-2)5-3-8(12(16)17)20-14-5/h3-4,15H,1-2H3,(H,16,17). The maximum absolute atomic E-state index is 10.8. The van der Waals surface area contributed by atoms with E-state index in [-0.39, 0.29) is 22.8 Å². The maximum Gasteiger partial charge on any atom is 0.374 e. The lowest BCUT2D eigenvalue weighted by atomic mass is 10.1. The summed E-state index contributed by atoms with van der Waals surface area (Å²) >= 11 is 3.27. The van der Waals surface area contributed by atoms with Crippen molar-refractivity contribution in [3.05, 3.63) is 22.4 Å². The molecule has 1 heterocycles. The molecule has 2 N–H and O–H groups in total. The Bertz CT molecular complexity index is 666. The molecule has 0 saturated heterocycles. The Morgan fingerprint density at radius 2 is 2.05 bits per heavy atom. The molecule has 0 saturated carbocycles. The van der Waals surface area contributed by atoms with E-state index >= 15 is 0 Å². The molecular formula is C12H10BrNO6. The second-order valence-electron chi connectivity index (χ2n) is 3.70. The summed E-state index contributed by atoms with van der Waals surface area (Å²) in [5, 5.41) is 22.5. The first-order chi connectivity index (χ1) is 9.49. The van der Waals surface area contributed by atoms with Crippen molar-refractivity contribution in [1.82, 2.24) is 5.16 Å². The molecule has 0 bridgehead atoms. The summed E-state index contributed by atoms with van der Waals surface area (Å²) < 4.78 is 15.3. The van der Waals surface area contributed by atoms with E-state index < -0.39 is 5.97 Å². The second kappa shape index (κ2) is 5.41. The van der Waals surface area contributed by atoms with E-state index in [2.05, 4.69) is 25.6 Å². The van der Waals surface area contributed by atoms with E-state index in [1.54, 1.807) is 0 Å².